The molecule has 1 aromatic carbocycles. The van der Waals surface area contributed by atoms with Gasteiger partial charge in [-0.2, -0.15) is 9.97 Å². The van der Waals surface area contributed by atoms with E-state index in [1.54, 1.807) is 26.4 Å². The number of alkyl halides is 3. The van der Waals surface area contributed by atoms with Crippen LogP contribution in [-0.4, -0.2) is 67.3 Å². The maximum Gasteiger partial charge on any atom is 0.250 e. The summed E-state index contributed by atoms with van der Waals surface area (Å²) < 4.78 is 8.92. The van der Waals surface area contributed by atoms with E-state index in [4.69, 9.17) is 44.3 Å². The maximum atomic E-state index is 6.10. The van der Waals surface area contributed by atoms with Gasteiger partial charge in [-0.1, -0.05) is 34.8 Å². The number of hydrogen-bond donors (Lipinski definition) is 0. The van der Waals surface area contributed by atoms with E-state index in [9.17, 15) is 0 Å². The summed E-state index contributed by atoms with van der Waals surface area (Å²) in [7, 11) is 5.25. The molecule has 1 saturated heterocycles. The Balaban J connectivity index is 2.06. The molecular formula is C18H22Cl3N5O2. The predicted molar refractivity (Wildman–Crippen MR) is 112 cm³/mol. The first-order valence-corrected chi connectivity index (χ1v) is 9.94. The molecule has 2 aromatic rings. The first kappa shape index (κ1) is 21.2. The lowest BCUT2D eigenvalue weighted by Crippen LogP contribution is -2.31. The molecule has 2 heterocycles. The number of halogens is 3. The van der Waals surface area contributed by atoms with Crippen LogP contribution in [0.3, 0.4) is 0 Å². The van der Waals surface area contributed by atoms with E-state index < -0.39 is 3.79 Å². The number of rotatable bonds is 4. The van der Waals surface area contributed by atoms with Crippen LogP contribution in [0.4, 0.5) is 5.95 Å². The van der Waals surface area contributed by atoms with Crippen molar-refractivity contribution in [2.24, 2.45) is 0 Å². The van der Waals surface area contributed by atoms with E-state index >= 15 is 0 Å². The van der Waals surface area contributed by atoms with Gasteiger partial charge in [0.05, 0.1) is 14.2 Å². The zero-order valence-corrected chi connectivity index (χ0v) is 18.2. The third-order valence-corrected chi connectivity index (χ3v) is 5.03. The van der Waals surface area contributed by atoms with Gasteiger partial charge >= 0.3 is 0 Å². The molecule has 0 radical (unpaired) electrons. The van der Waals surface area contributed by atoms with E-state index in [1.807, 2.05) is 6.07 Å². The number of likely N-dealkylation sites (N-methyl/N-ethyl adjacent to an activating group) is 1. The summed E-state index contributed by atoms with van der Waals surface area (Å²) >= 11 is 18.3. The fraction of sp³-hybridized carbons (Fsp3) is 0.500. The second-order valence-electron chi connectivity index (χ2n) is 6.49. The molecule has 1 aliphatic rings. The number of benzene rings is 1. The molecule has 3 rings (SSSR count). The zero-order chi connectivity index (χ0) is 20.3. The largest absolute Gasteiger partial charge is 0.493 e. The Morgan fingerprint density at radius 2 is 1.68 bits per heavy atom. The van der Waals surface area contributed by atoms with Crippen molar-refractivity contribution in [3.63, 3.8) is 0 Å². The fourth-order valence-electron chi connectivity index (χ4n) is 2.98. The molecule has 10 heteroatoms. The summed E-state index contributed by atoms with van der Waals surface area (Å²) in [6.07, 6.45) is 0.997. The molecule has 0 unspecified atom stereocenters. The van der Waals surface area contributed by atoms with Crippen LogP contribution in [0.15, 0.2) is 18.2 Å². The maximum absolute atomic E-state index is 6.10. The Morgan fingerprint density at radius 1 is 0.929 bits per heavy atom. The Kier molecular flexibility index (Phi) is 6.70. The van der Waals surface area contributed by atoms with E-state index in [1.165, 1.54) is 0 Å². The van der Waals surface area contributed by atoms with Crippen LogP contribution in [-0.2, 0) is 3.79 Å². The van der Waals surface area contributed by atoms with Gasteiger partial charge < -0.3 is 19.3 Å². The zero-order valence-electron chi connectivity index (χ0n) is 16.0. The molecule has 152 valence electrons. The second-order valence-corrected chi connectivity index (χ2v) is 8.78. The number of ether oxygens (including phenoxy) is 2. The van der Waals surface area contributed by atoms with Gasteiger partial charge in [-0.25, -0.2) is 4.98 Å². The summed E-state index contributed by atoms with van der Waals surface area (Å²) in [5.41, 5.74) is 0.712. The molecule has 28 heavy (non-hydrogen) atoms. The quantitative estimate of drug-likeness (QED) is 0.666. The Labute approximate surface area is 179 Å². The number of hydrogen-bond acceptors (Lipinski definition) is 7. The predicted octanol–water partition coefficient (Wildman–Crippen LogP) is 3.52. The van der Waals surface area contributed by atoms with Crippen molar-refractivity contribution in [1.29, 1.82) is 0 Å². The summed E-state index contributed by atoms with van der Waals surface area (Å²) in [6.45, 7) is 3.52. The highest BCUT2D eigenvalue weighted by Gasteiger charge is 2.30. The third-order valence-electron chi connectivity index (χ3n) is 4.52. The molecule has 0 amide bonds. The molecule has 7 nitrogen and oxygen atoms in total. The molecule has 0 bridgehead atoms. The highest BCUT2D eigenvalue weighted by molar-refractivity contribution is 6.66. The number of aromatic nitrogens is 3. The van der Waals surface area contributed by atoms with Gasteiger partial charge in [-0.15, -0.1) is 0 Å². The van der Waals surface area contributed by atoms with Crippen LogP contribution < -0.4 is 14.4 Å². The monoisotopic (exact) mass is 445 g/mol. The highest BCUT2D eigenvalue weighted by Crippen LogP contribution is 2.38. The standard InChI is InChI=1S/C18H22Cl3N5O2/c1-25-7-4-8-26(10-9-25)17-23-15(22-16(24-17)18(19,20)21)12-5-6-13(27-2)14(11-12)28-3/h5-6,11H,4,7-10H2,1-3H3. The average molecular weight is 447 g/mol. The average Bonchev–Trinajstić information content (AvgIpc) is 2.91. The van der Waals surface area contributed by atoms with Gasteiger partial charge in [0.15, 0.2) is 23.1 Å². The Hall–Kier alpha value is -1.54. The lowest BCUT2D eigenvalue weighted by molar-refractivity contribution is 0.355. The van der Waals surface area contributed by atoms with Gasteiger partial charge in [0.1, 0.15) is 0 Å². The van der Waals surface area contributed by atoms with Gasteiger partial charge in [0.25, 0.3) is 0 Å². The first-order chi connectivity index (χ1) is 13.3. The van der Waals surface area contributed by atoms with E-state index in [0.717, 1.165) is 32.6 Å². The minimum absolute atomic E-state index is 0.0879. The molecular weight excluding hydrogens is 425 g/mol. The van der Waals surface area contributed by atoms with Crippen molar-refractivity contribution >= 4 is 40.8 Å². The lowest BCUT2D eigenvalue weighted by atomic mass is 10.2. The van der Waals surface area contributed by atoms with Gasteiger partial charge in [-0.05, 0) is 38.2 Å². The van der Waals surface area contributed by atoms with Crippen LogP contribution in [0.25, 0.3) is 11.4 Å². The minimum atomic E-state index is -1.76. The van der Waals surface area contributed by atoms with Crippen molar-refractivity contribution in [3.8, 4) is 22.9 Å². The van der Waals surface area contributed by atoms with Gasteiger partial charge in [0, 0.05) is 25.2 Å². The van der Waals surface area contributed by atoms with E-state index in [0.29, 0.717) is 28.8 Å². The highest BCUT2D eigenvalue weighted by atomic mass is 35.6. The van der Waals surface area contributed by atoms with E-state index in [-0.39, 0.29) is 5.82 Å². The topological polar surface area (TPSA) is 63.6 Å². The van der Waals surface area contributed by atoms with Crippen LogP contribution >= 0.6 is 34.8 Å². The molecule has 0 aliphatic carbocycles. The molecule has 0 N–H and O–H groups in total. The van der Waals surface area contributed by atoms with Gasteiger partial charge in [-0.3, -0.25) is 0 Å². The van der Waals surface area contributed by atoms with Crippen molar-refractivity contribution in [1.82, 2.24) is 19.9 Å². The Bertz CT molecular complexity index is 831. The smallest absolute Gasteiger partial charge is 0.250 e. The molecule has 0 spiro atoms. The molecule has 1 fully saturated rings. The SMILES string of the molecule is COc1ccc(-c2nc(N3CCCN(C)CC3)nc(C(Cl)(Cl)Cl)n2)cc1OC. The van der Waals surface area contributed by atoms with Crippen molar-refractivity contribution in [2.75, 3.05) is 52.3 Å². The van der Waals surface area contributed by atoms with Crippen LogP contribution in [0.2, 0.25) is 0 Å². The van der Waals surface area contributed by atoms with Crippen molar-refractivity contribution in [2.45, 2.75) is 10.2 Å². The number of methoxy groups -OCH3 is 2. The van der Waals surface area contributed by atoms with Gasteiger partial charge in [0.2, 0.25) is 9.74 Å². The molecule has 0 atom stereocenters. The molecule has 0 saturated carbocycles. The summed E-state index contributed by atoms with van der Waals surface area (Å²) in [5.74, 6) is 2.16. The number of nitrogens with zero attached hydrogens (tertiary/aromatic N) is 5. The summed E-state index contributed by atoms with van der Waals surface area (Å²) in [5, 5.41) is 0. The summed E-state index contributed by atoms with van der Waals surface area (Å²) in [6, 6.07) is 5.41. The molecule has 1 aromatic heterocycles. The second kappa shape index (κ2) is 8.86. The fourth-order valence-corrected chi connectivity index (χ4v) is 3.24. The van der Waals surface area contributed by atoms with E-state index in [2.05, 4.69) is 31.8 Å². The normalized spacial score (nSPS) is 16.0. The Morgan fingerprint density at radius 3 is 2.36 bits per heavy atom. The first-order valence-electron chi connectivity index (χ1n) is 8.81. The number of anilines is 1. The third kappa shape index (κ3) is 4.89. The lowest BCUT2D eigenvalue weighted by Gasteiger charge is -2.22. The molecule has 1 aliphatic heterocycles. The van der Waals surface area contributed by atoms with Crippen LogP contribution in [0.5, 0.6) is 11.5 Å². The summed E-state index contributed by atoms with van der Waals surface area (Å²) in [4.78, 5) is 17.8. The van der Waals surface area contributed by atoms with Crippen molar-refractivity contribution in [3.05, 3.63) is 24.0 Å². The van der Waals surface area contributed by atoms with Crippen LogP contribution in [0, 0.1) is 0 Å². The minimum Gasteiger partial charge on any atom is -0.493 e. The van der Waals surface area contributed by atoms with Crippen molar-refractivity contribution < 1.29 is 9.47 Å². The van der Waals surface area contributed by atoms with Crippen LogP contribution in [0.1, 0.15) is 12.2 Å².